The SMILES string of the molecule is c1ccc(-c2ccc(-c3nc(-c4ccccc4)nc(-c4ccc5c(ccc6ccc7c(c65)NC(c5ccccc5)S7)c4)n3)cc2)cc1. The number of benzene rings is 7. The summed E-state index contributed by atoms with van der Waals surface area (Å²) in [5, 5.41) is 8.84. The second kappa shape index (κ2) is 11.5. The Morgan fingerprint density at radius 1 is 0.447 bits per heavy atom. The Morgan fingerprint density at radius 2 is 0.957 bits per heavy atom. The van der Waals surface area contributed by atoms with E-state index in [2.05, 4.69) is 127 Å². The maximum atomic E-state index is 5.03. The van der Waals surface area contributed by atoms with Crippen LogP contribution >= 0.6 is 11.8 Å². The van der Waals surface area contributed by atoms with E-state index in [1.807, 2.05) is 48.2 Å². The molecule has 0 amide bonds. The molecule has 1 aliphatic heterocycles. The number of rotatable bonds is 5. The molecule has 1 unspecified atom stereocenters. The van der Waals surface area contributed by atoms with E-state index in [0.717, 1.165) is 27.6 Å². The van der Waals surface area contributed by atoms with Crippen molar-refractivity contribution in [2.24, 2.45) is 0 Å². The van der Waals surface area contributed by atoms with Crippen molar-refractivity contribution < 1.29 is 0 Å². The Hall–Kier alpha value is -5.78. The van der Waals surface area contributed by atoms with Crippen molar-refractivity contribution in [3.63, 3.8) is 0 Å². The van der Waals surface area contributed by atoms with Crippen LogP contribution in [0.25, 0.3) is 66.8 Å². The van der Waals surface area contributed by atoms with Crippen LogP contribution in [0.4, 0.5) is 5.69 Å². The second-order valence-corrected chi connectivity index (χ2v) is 12.9. The summed E-state index contributed by atoms with van der Waals surface area (Å²) in [4.78, 5) is 16.2. The lowest BCUT2D eigenvalue weighted by atomic mass is 9.98. The highest BCUT2D eigenvalue weighted by molar-refractivity contribution is 8.00. The first kappa shape index (κ1) is 27.5. The smallest absolute Gasteiger partial charge is 0.164 e. The Balaban J connectivity index is 1.14. The molecule has 8 aromatic rings. The summed E-state index contributed by atoms with van der Waals surface area (Å²) in [5.41, 5.74) is 7.67. The van der Waals surface area contributed by atoms with Crippen LogP contribution in [0.5, 0.6) is 0 Å². The molecule has 0 saturated heterocycles. The van der Waals surface area contributed by atoms with Gasteiger partial charge in [-0.05, 0) is 45.0 Å². The molecular formula is C42H28N4S. The van der Waals surface area contributed by atoms with Crippen LogP contribution in [-0.4, -0.2) is 15.0 Å². The molecule has 4 nitrogen and oxygen atoms in total. The number of hydrogen-bond donors (Lipinski definition) is 1. The molecule has 0 bridgehead atoms. The van der Waals surface area contributed by atoms with Crippen molar-refractivity contribution in [1.29, 1.82) is 0 Å². The summed E-state index contributed by atoms with van der Waals surface area (Å²) in [7, 11) is 0. The largest absolute Gasteiger partial charge is 0.368 e. The molecule has 1 atom stereocenters. The molecule has 1 N–H and O–H groups in total. The quantitative estimate of drug-likeness (QED) is 0.194. The van der Waals surface area contributed by atoms with Crippen LogP contribution in [0.2, 0.25) is 0 Å². The predicted octanol–water partition coefficient (Wildman–Crippen LogP) is 11.1. The highest BCUT2D eigenvalue weighted by Crippen LogP contribution is 2.50. The first-order valence-corrected chi connectivity index (χ1v) is 16.6. The predicted molar refractivity (Wildman–Crippen MR) is 195 cm³/mol. The van der Waals surface area contributed by atoms with Gasteiger partial charge < -0.3 is 5.32 Å². The lowest BCUT2D eigenvalue weighted by molar-refractivity contribution is 1.07. The molecule has 1 aliphatic rings. The van der Waals surface area contributed by atoms with Crippen molar-refractivity contribution in [2.75, 3.05) is 5.32 Å². The first-order chi connectivity index (χ1) is 23.3. The summed E-state index contributed by atoms with van der Waals surface area (Å²) in [6.45, 7) is 0. The molecule has 0 fully saturated rings. The van der Waals surface area contributed by atoms with Gasteiger partial charge >= 0.3 is 0 Å². The van der Waals surface area contributed by atoms with Crippen LogP contribution in [0.15, 0.2) is 163 Å². The number of nitrogens with one attached hydrogen (secondary N) is 1. The third-order valence-corrected chi connectivity index (χ3v) is 9.98. The summed E-state index contributed by atoms with van der Waals surface area (Å²) in [6, 6.07) is 55.1. The molecule has 0 spiro atoms. The average Bonchev–Trinajstić information content (AvgIpc) is 3.60. The topological polar surface area (TPSA) is 50.7 Å². The van der Waals surface area contributed by atoms with Gasteiger partial charge in [0, 0.05) is 27.0 Å². The minimum atomic E-state index is 0.188. The van der Waals surface area contributed by atoms with Crippen LogP contribution in [0.3, 0.4) is 0 Å². The van der Waals surface area contributed by atoms with Crippen molar-refractivity contribution >= 4 is 39.0 Å². The standard InChI is InChI=1S/C42H28N4S/c1-4-10-27(11-5-1)28-16-19-31(20-17-28)40-44-39(30-12-6-2-7-13-30)45-41(46-40)34-22-24-35-33(26-34)21-18-29-23-25-36-38(37(29)35)43-42(47-36)32-14-8-3-9-15-32/h1-26,42-43H. The highest BCUT2D eigenvalue weighted by Gasteiger charge is 2.25. The molecule has 0 saturated carbocycles. The molecule has 47 heavy (non-hydrogen) atoms. The highest BCUT2D eigenvalue weighted by atomic mass is 32.2. The molecule has 9 rings (SSSR count). The number of fused-ring (bicyclic) bond motifs is 5. The van der Waals surface area contributed by atoms with Gasteiger partial charge in [0.05, 0.1) is 5.69 Å². The zero-order valence-electron chi connectivity index (χ0n) is 25.3. The molecule has 1 aromatic heterocycles. The lowest BCUT2D eigenvalue weighted by Gasteiger charge is -2.13. The lowest BCUT2D eigenvalue weighted by Crippen LogP contribution is -2.01. The fraction of sp³-hybridized carbons (Fsp3) is 0.0238. The van der Waals surface area contributed by atoms with E-state index in [9.17, 15) is 0 Å². The number of thioether (sulfide) groups is 1. The van der Waals surface area contributed by atoms with Gasteiger partial charge in [-0.15, -0.1) is 0 Å². The van der Waals surface area contributed by atoms with Gasteiger partial charge in [-0.25, -0.2) is 15.0 Å². The summed E-state index contributed by atoms with van der Waals surface area (Å²) in [6.07, 6.45) is 0. The maximum absolute atomic E-state index is 5.03. The zero-order valence-corrected chi connectivity index (χ0v) is 26.2. The van der Waals surface area contributed by atoms with Crippen molar-refractivity contribution in [3.05, 3.63) is 163 Å². The molecule has 7 aromatic carbocycles. The van der Waals surface area contributed by atoms with E-state index in [-0.39, 0.29) is 5.37 Å². The van der Waals surface area contributed by atoms with Crippen LogP contribution < -0.4 is 5.32 Å². The number of aromatic nitrogens is 3. The molecule has 5 heteroatoms. The van der Waals surface area contributed by atoms with E-state index < -0.39 is 0 Å². The average molecular weight is 621 g/mol. The van der Waals surface area contributed by atoms with E-state index in [0.29, 0.717) is 17.5 Å². The van der Waals surface area contributed by atoms with Crippen LogP contribution in [-0.2, 0) is 0 Å². The fourth-order valence-corrected chi connectivity index (χ4v) is 7.53. The Morgan fingerprint density at radius 3 is 1.66 bits per heavy atom. The van der Waals surface area contributed by atoms with Gasteiger partial charge in [-0.1, -0.05) is 157 Å². The zero-order chi connectivity index (χ0) is 31.2. The van der Waals surface area contributed by atoms with Crippen molar-refractivity contribution in [1.82, 2.24) is 15.0 Å². The minimum absolute atomic E-state index is 0.188. The first-order valence-electron chi connectivity index (χ1n) is 15.7. The van der Waals surface area contributed by atoms with Gasteiger partial charge in [0.2, 0.25) is 0 Å². The normalized spacial score (nSPS) is 13.8. The third-order valence-electron chi connectivity index (χ3n) is 8.76. The number of hydrogen-bond acceptors (Lipinski definition) is 5. The third kappa shape index (κ3) is 5.11. The minimum Gasteiger partial charge on any atom is -0.368 e. The second-order valence-electron chi connectivity index (χ2n) is 11.7. The van der Waals surface area contributed by atoms with E-state index in [1.165, 1.54) is 37.9 Å². The molecule has 222 valence electrons. The van der Waals surface area contributed by atoms with E-state index in [1.54, 1.807) is 0 Å². The van der Waals surface area contributed by atoms with Crippen molar-refractivity contribution in [2.45, 2.75) is 10.3 Å². The van der Waals surface area contributed by atoms with Gasteiger partial charge in [-0.3, -0.25) is 0 Å². The summed E-state index contributed by atoms with van der Waals surface area (Å²) >= 11 is 1.87. The van der Waals surface area contributed by atoms with E-state index >= 15 is 0 Å². The maximum Gasteiger partial charge on any atom is 0.164 e. The van der Waals surface area contributed by atoms with Crippen LogP contribution in [0, 0.1) is 0 Å². The van der Waals surface area contributed by atoms with Crippen LogP contribution in [0.1, 0.15) is 10.9 Å². The molecule has 2 heterocycles. The molecular weight excluding hydrogens is 593 g/mol. The van der Waals surface area contributed by atoms with Gasteiger partial charge in [0.25, 0.3) is 0 Å². The van der Waals surface area contributed by atoms with Gasteiger partial charge in [0.1, 0.15) is 5.37 Å². The summed E-state index contributed by atoms with van der Waals surface area (Å²) < 4.78 is 0. The monoisotopic (exact) mass is 620 g/mol. The Bertz CT molecular complexity index is 2390. The van der Waals surface area contributed by atoms with Gasteiger partial charge in [-0.2, -0.15) is 0 Å². The Labute approximate surface area is 277 Å². The number of anilines is 1. The van der Waals surface area contributed by atoms with E-state index in [4.69, 9.17) is 15.0 Å². The molecule has 0 aliphatic carbocycles. The Kier molecular flexibility index (Phi) is 6.76. The van der Waals surface area contributed by atoms with Crippen molar-refractivity contribution in [3.8, 4) is 45.3 Å². The fourth-order valence-electron chi connectivity index (χ4n) is 6.38. The van der Waals surface area contributed by atoms with Gasteiger partial charge in [0.15, 0.2) is 17.5 Å². The molecule has 0 radical (unpaired) electrons. The number of nitrogens with zero attached hydrogens (tertiary/aromatic N) is 3. The summed E-state index contributed by atoms with van der Waals surface area (Å²) in [5.74, 6) is 1.96.